The lowest BCUT2D eigenvalue weighted by Gasteiger charge is -2.37. The van der Waals surface area contributed by atoms with Gasteiger partial charge in [0.05, 0.1) is 18.0 Å². The van der Waals surface area contributed by atoms with Crippen LogP contribution in [0.1, 0.15) is 47.4 Å². The van der Waals surface area contributed by atoms with Crippen LogP contribution in [-0.4, -0.2) is 36.5 Å². The third-order valence-corrected chi connectivity index (χ3v) is 9.10. The van der Waals surface area contributed by atoms with Gasteiger partial charge >= 0.3 is 0 Å². The van der Waals surface area contributed by atoms with Crippen LogP contribution in [0.3, 0.4) is 0 Å². The summed E-state index contributed by atoms with van der Waals surface area (Å²) in [5, 5.41) is 1.88. The number of fused-ring (bicyclic) bond motifs is 5. The highest BCUT2D eigenvalue weighted by Gasteiger charge is 2.71. The second-order valence-electron chi connectivity index (χ2n) is 9.88. The van der Waals surface area contributed by atoms with Crippen LogP contribution in [0.25, 0.3) is 6.08 Å². The first kappa shape index (κ1) is 22.9. The van der Waals surface area contributed by atoms with Crippen molar-refractivity contribution in [1.29, 1.82) is 0 Å². The van der Waals surface area contributed by atoms with E-state index < -0.39 is 23.4 Å². The summed E-state index contributed by atoms with van der Waals surface area (Å²) in [7, 11) is 1.60. The molecule has 3 atom stereocenters. The first-order chi connectivity index (χ1) is 18.6. The Bertz CT molecular complexity index is 1600. The summed E-state index contributed by atoms with van der Waals surface area (Å²) in [5.74, 6) is -0.586. The number of rotatable bonds is 4. The van der Waals surface area contributed by atoms with Gasteiger partial charge in [-0.1, -0.05) is 72.8 Å². The number of para-hydroxylation sites is 1. The SMILES string of the molecule is COc1ccc([C@@H]2[C@H](C(=O)c3cccs3)N3c4ccccc4C=C[C@@H]3C23C(=O)c2ccccc2C3=O)cc1. The molecule has 0 bridgehead atoms. The van der Waals surface area contributed by atoms with E-state index in [2.05, 4.69) is 0 Å². The largest absolute Gasteiger partial charge is 0.497 e. The third kappa shape index (κ3) is 2.89. The van der Waals surface area contributed by atoms with Gasteiger partial charge in [0, 0.05) is 22.7 Å². The molecule has 6 heteroatoms. The summed E-state index contributed by atoms with van der Waals surface area (Å²) in [6.07, 6.45) is 3.92. The minimum Gasteiger partial charge on any atom is -0.497 e. The summed E-state index contributed by atoms with van der Waals surface area (Å²) in [6, 6.07) is 24.6. The summed E-state index contributed by atoms with van der Waals surface area (Å²) in [5.41, 5.74) is 1.92. The fourth-order valence-electron chi connectivity index (χ4n) is 6.67. The number of hydrogen-bond donors (Lipinski definition) is 0. The maximum absolute atomic E-state index is 14.5. The van der Waals surface area contributed by atoms with Gasteiger partial charge in [-0.05, 0) is 40.8 Å². The van der Waals surface area contributed by atoms with Gasteiger partial charge in [0.15, 0.2) is 17.3 Å². The molecule has 4 aromatic rings. The quantitative estimate of drug-likeness (QED) is 0.243. The molecule has 0 amide bonds. The van der Waals surface area contributed by atoms with Crippen LogP contribution in [0.4, 0.5) is 5.69 Å². The average molecular weight is 518 g/mol. The van der Waals surface area contributed by atoms with Gasteiger partial charge in [-0.25, -0.2) is 0 Å². The number of ether oxygens (including phenoxy) is 1. The van der Waals surface area contributed by atoms with E-state index in [0.29, 0.717) is 21.8 Å². The third-order valence-electron chi connectivity index (χ3n) is 8.22. The predicted molar refractivity (Wildman–Crippen MR) is 147 cm³/mol. The lowest BCUT2D eigenvalue weighted by atomic mass is 9.64. The van der Waals surface area contributed by atoms with E-state index >= 15 is 0 Å². The van der Waals surface area contributed by atoms with Gasteiger partial charge in [-0.3, -0.25) is 14.4 Å². The smallest absolute Gasteiger partial charge is 0.195 e. The number of hydrogen-bond acceptors (Lipinski definition) is 6. The fraction of sp³-hybridized carbons (Fsp3) is 0.156. The standard InChI is InChI=1S/C32H23NO4S/c1-37-21-15-12-20(13-16-21)27-28(29(34)25-11-6-18-38-25)33-24-10-5-2-7-19(24)14-17-26(33)32(27)30(35)22-8-3-4-9-23(22)31(32)36/h2-18,26-28H,1H3/t26-,27-,28-/m1/s1. The average Bonchev–Trinajstić information content (AvgIpc) is 3.66. The van der Waals surface area contributed by atoms with Crippen molar-refractivity contribution in [3.8, 4) is 5.75 Å². The molecule has 1 saturated heterocycles. The predicted octanol–water partition coefficient (Wildman–Crippen LogP) is 6.07. The Morgan fingerprint density at radius 2 is 1.55 bits per heavy atom. The second kappa shape index (κ2) is 8.36. The molecule has 186 valence electrons. The lowest BCUT2D eigenvalue weighted by molar-refractivity contribution is 0.0666. The van der Waals surface area contributed by atoms with Crippen molar-refractivity contribution in [3.63, 3.8) is 0 Å². The number of thiophene rings is 1. The zero-order valence-corrected chi connectivity index (χ0v) is 21.4. The van der Waals surface area contributed by atoms with Crippen LogP contribution in [0.5, 0.6) is 5.75 Å². The zero-order valence-electron chi connectivity index (χ0n) is 20.5. The number of carbonyl (C=O) groups is 3. The van der Waals surface area contributed by atoms with Crippen molar-refractivity contribution >= 4 is 40.4 Å². The van der Waals surface area contributed by atoms with Crippen LogP contribution in [0, 0.1) is 5.41 Å². The molecule has 0 saturated carbocycles. The van der Waals surface area contributed by atoms with Gasteiger partial charge in [-0.2, -0.15) is 0 Å². The minimum absolute atomic E-state index is 0.0932. The van der Waals surface area contributed by atoms with Crippen molar-refractivity contribution in [2.45, 2.75) is 18.0 Å². The summed E-state index contributed by atoms with van der Waals surface area (Å²) in [4.78, 5) is 46.1. The molecule has 3 aromatic carbocycles. The molecule has 1 aliphatic carbocycles. The summed E-state index contributed by atoms with van der Waals surface area (Å²) >= 11 is 1.38. The Hall–Kier alpha value is -4.29. The van der Waals surface area contributed by atoms with Gasteiger partial charge in [0.2, 0.25) is 0 Å². The molecule has 0 N–H and O–H groups in total. The number of Topliss-reactive ketones (excluding diaryl/α,β-unsaturated/α-hetero) is 3. The van der Waals surface area contributed by atoms with Crippen molar-refractivity contribution in [3.05, 3.63) is 124 Å². The van der Waals surface area contributed by atoms with Crippen LogP contribution >= 0.6 is 11.3 Å². The molecule has 1 fully saturated rings. The van der Waals surface area contributed by atoms with Gasteiger partial charge < -0.3 is 9.64 Å². The molecule has 2 aliphatic heterocycles. The Labute approximate surface area is 224 Å². The highest BCUT2D eigenvalue weighted by molar-refractivity contribution is 7.12. The molecule has 5 nitrogen and oxygen atoms in total. The molecule has 38 heavy (non-hydrogen) atoms. The highest BCUT2D eigenvalue weighted by atomic mass is 32.1. The molecular weight excluding hydrogens is 494 g/mol. The number of anilines is 1. The maximum Gasteiger partial charge on any atom is 0.195 e. The van der Waals surface area contributed by atoms with Crippen molar-refractivity contribution in [2.75, 3.05) is 12.0 Å². The van der Waals surface area contributed by atoms with Crippen LogP contribution in [-0.2, 0) is 0 Å². The van der Waals surface area contributed by atoms with Crippen LogP contribution < -0.4 is 9.64 Å². The number of nitrogens with zero attached hydrogens (tertiary/aromatic N) is 1. The fourth-order valence-corrected chi connectivity index (χ4v) is 7.36. The first-order valence-electron chi connectivity index (χ1n) is 12.5. The highest BCUT2D eigenvalue weighted by Crippen LogP contribution is 2.61. The first-order valence-corrected chi connectivity index (χ1v) is 13.4. The molecular formula is C32H23NO4S. The van der Waals surface area contributed by atoms with Gasteiger partial charge in [0.1, 0.15) is 17.2 Å². The van der Waals surface area contributed by atoms with Crippen LogP contribution in [0.2, 0.25) is 0 Å². The molecule has 7 rings (SSSR count). The van der Waals surface area contributed by atoms with E-state index in [1.807, 2.05) is 83.1 Å². The monoisotopic (exact) mass is 517 g/mol. The zero-order chi connectivity index (χ0) is 26.0. The summed E-state index contributed by atoms with van der Waals surface area (Å²) in [6.45, 7) is 0. The van der Waals surface area contributed by atoms with E-state index in [-0.39, 0.29) is 17.3 Å². The van der Waals surface area contributed by atoms with Crippen LogP contribution in [0.15, 0.2) is 96.4 Å². The van der Waals surface area contributed by atoms with E-state index in [4.69, 9.17) is 4.74 Å². The Kier molecular flexibility index (Phi) is 5.03. The number of benzene rings is 3. The Balaban J connectivity index is 1.55. The number of ketones is 3. The molecule has 3 heterocycles. The van der Waals surface area contributed by atoms with Gasteiger partial charge in [-0.15, -0.1) is 11.3 Å². The maximum atomic E-state index is 14.5. The molecule has 3 aliphatic rings. The second-order valence-corrected chi connectivity index (χ2v) is 10.8. The van der Waals surface area contributed by atoms with E-state index in [0.717, 1.165) is 16.8 Å². The molecule has 1 aromatic heterocycles. The molecule has 0 radical (unpaired) electrons. The van der Waals surface area contributed by atoms with E-state index in [9.17, 15) is 14.4 Å². The van der Waals surface area contributed by atoms with E-state index in [1.54, 1.807) is 31.4 Å². The number of methoxy groups -OCH3 is 1. The summed E-state index contributed by atoms with van der Waals surface area (Å²) < 4.78 is 5.40. The number of carbonyl (C=O) groups excluding carboxylic acids is 3. The molecule has 1 spiro atoms. The lowest BCUT2D eigenvalue weighted by Crippen LogP contribution is -2.48. The minimum atomic E-state index is -1.49. The molecule has 0 unspecified atom stereocenters. The normalized spacial score (nSPS) is 22.3. The Morgan fingerprint density at radius 1 is 0.868 bits per heavy atom. The van der Waals surface area contributed by atoms with Crippen molar-refractivity contribution < 1.29 is 19.1 Å². The van der Waals surface area contributed by atoms with Crippen molar-refractivity contribution in [2.24, 2.45) is 5.41 Å². The van der Waals surface area contributed by atoms with Gasteiger partial charge in [0.25, 0.3) is 0 Å². The topological polar surface area (TPSA) is 63.7 Å². The Morgan fingerprint density at radius 3 is 2.21 bits per heavy atom. The van der Waals surface area contributed by atoms with E-state index in [1.165, 1.54) is 11.3 Å². The van der Waals surface area contributed by atoms with Crippen molar-refractivity contribution in [1.82, 2.24) is 0 Å².